The predicted octanol–water partition coefficient (Wildman–Crippen LogP) is 3.01. The van der Waals surface area contributed by atoms with Gasteiger partial charge in [-0.15, -0.1) is 0 Å². The van der Waals surface area contributed by atoms with Crippen LogP contribution < -0.4 is 4.74 Å². The Morgan fingerprint density at radius 2 is 1.88 bits per heavy atom. The number of rotatable bonds is 6. The van der Waals surface area contributed by atoms with E-state index < -0.39 is 0 Å². The number of unbranched alkanes of at least 4 members (excludes halogenated alkanes) is 1. The Bertz CT molecular complexity index is 608. The second kappa shape index (κ2) is 7.89. The predicted molar refractivity (Wildman–Crippen MR) is 96.3 cm³/mol. The van der Waals surface area contributed by atoms with Gasteiger partial charge in [-0.3, -0.25) is 9.59 Å². The number of nitrogens with zero attached hydrogens (tertiary/aromatic N) is 2. The lowest BCUT2D eigenvalue weighted by molar-refractivity contribution is -0.135. The van der Waals surface area contributed by atoms with E-state index in [1.54, 1.807) is 7.11 Å². The zero-order chi connectivity index (χ0) is 17.8. The van der Waals surface area contributed by atoms with Gasteiger partial charge in [0.05, 0.1) is 19.1 Å². The number of amides is 2. The van der Waals surface area contributed by atoms with E-state index in [9.17, 15) is 9.59 Å². The van der Waals surface area contributed by atoms with Crippen LogP contribution in [0, 0.1) is 5.92 Å². The molecule has 2 atom stereocenters. The van der Waals surface area contributed by atoms with Crippen LogP contribution >= 0.6 is 0 Å². The largest absolute Gasteiger partial charge is 0.497 e. The molecule has 0 spiro atoms. The van der Waals surface area contributed by atoms with Crippen LogP contribution in [-0.4, -0.2) is 48.4 Å². The van der Waals surface area contributed by atoms with Crippen molar-refractivity contribution >= 4 is 11.8 Å². The van der Waals surface area contributed by atoms with Crippen LogP contribution in [0.5, 0.6) is 5.75 Å². The number of carbonyl (C=O) groups excluding carboxylic acids is 2. The van der Waals surface area contributed by atoms with Crippen molar-refractivity contribution in [3.63, 3.8) is 0 Å². The fourth-order valence-electron chi connectivity index (χ4n) is 3.99. The topological polar surface area (TPSA) is 49.9 Å². The van der Waals surface area contributed by atoms with E-state index in [1.165, 1.54) is 0 Å². The highest BCUT2D eigenvalue weighted by molar-refractivity contribution is 5.90. The van der Waals surface area contributed by atoms with E-state index in [0.717, 1.165) is 56.6 Å². The molecule has 2 saturated heterocycles. The third-order valence-corrected chi connectivity index (χ3v) is 5.38. The summed E-state index contributed by atoms with van der Waals surface area (Å²) in [6.45, 7) is 4.49. The molecule has 2 fully saturated rings. The van der Waals surface area contributed by atoms with Crippen LogP contribution in [-0.2, 0) is 9.59 Å². The van der Waals surface area contributed by atoms with Crippen LogP contribution in [0.4, 0.5) is 0 Å². The Morgan fingerprint density at radius 3 is 2.48 bits per heavy atom. The minimum absolute atomic E-state index is 0.104. The summed E-state index contributed by atoms with van der Waals surface area (Å²) >= 11 is 0. The molecule has 3 rings (SSSR count). The maximum atomic E-state index is 13.0. The molecule has 0 bridgehead atoms. The lowest BCUT2D eigenvalue weighted by Gasteiger charge is -2.30. The van der Waals surface area contributed by atoms with E-state index in [0.29, 0.717) is 6.42 Å². The SMILES string of the molecule is CCCCN1C(=O)CC(C(=O)N2CCCC2)C1c1ccc(OC)cc1. The Labute approximate surface area is 149 Å². The van der Waals surface area contributed by atoms with E-state index in [1.807, 2.05) is 34.1 Å². The molecule has 0 N–H and O–H groups in total. The minimum atomic E-state index is -0.268. The molecule has 0 aliphatic carbocycles. The molecule has 1 aromatic rings. The number of hydrogen-bond acceptors (Lipinski definition) is 3. The lowest BCUT2D eigenvalue weighted by atomic mass is 9.92. The molecule has 136 valence electrons. The van der Waals surface area contributed by atoms with Crippen molar-refractivity contribution in [2.75, 3.05) is 26.7 Å². The Hall–Kier alpha value is -2.04. The second-order valence-corrected chi connectivity index (χ2v) is 7.00. The molecule has 2 unspecified atom stereocenters. The first-order valence-electron chi connectivity index (χ1n) is 9.38. The van der Waals surface area contributed by atoms with Crippen molar-refractivity contribution in [2.24, 2.45) is 5.92 Å². The van der Waals surface area contributed by atoms with Gasteiger partial charge in [-0.05, 0) is 37.0 Å². The maximum Gasteiger partial charge on any atom is 0.228 e. The summed E-state index contributed by atoms with van der Waals surface area (Å²) in [4.78, 5) is 29.6. The summed E-state index contributed by atoms with van der Waals surface area (Å²) in [5, 5.41) is 0. The Balaban J connectivity index is 1.88. The van der Waals surface area contributed by atoms with Gasteiger partial charge in [0.2, 0.25) is 11.8 Å². The van der Waals surface area contributed by atoms with Gasteiger partial charge < -0.3 is 14.5 Å². The third-order valence-electron chi connectivity index (χ3n) is 5.38. The smallest absolute Gasteiger partial charge is 0.228 e. The highest BCUT2D eigenvalue weighted by Gasteiger charge is 2.45. The molecular formula is C20H28N2O3. The highest BCUT2D eigenvalue weighted by Crippen LogP contribution is 2.40. The number of carbonyl (C=O) groups is 2. The van der Waals surface area contributed by atoms with Crippen molar-refractivity contribution in [3.8, 4) is 5.75 Å². The number of ether oxygens (including phenoxy) is 1. The van der Waals surface area contributed by atoms with Crippen LogP contribution in [0.3, 0.4) is 0 Å². The number of likely N-dealkylation sites (tertiary alicyclic amines) is 2. The van der Waals surface area contributed by atoms with E-state index in [2.05, 4.69) is 6.92 Å². The van der Waals surface area contributed by atoms with Crippen molar-refractivity contribution in [2.45, 2.75) is 45.1 Å². The standard InChI is InChI=1S/C20H28N2O3/c1-3-4-13-22-18(23)14-17(20(24)21-11-5-6-12-21)19(22)15-7-9-16(25-2)10-8-15/h7-10,17,19H,3-6,11-14H2,1-2H3. The second-order valence-electron chi connectivity index (χ2n) is 7.00. The summed E-state index contributed by atoms with van der Waals surface area (Å²) in [6.07, 6.45) is 4.46. The van der Waals surface area contributed by atoms with Crippen LogP contribution in [0.1, 0.15) is 50.6 Å². The molecule has 0 radical (unpaired) electrons. The van der Waals surface area contributed by atoms with Crippen molar-refractivity contribution in [1.82, 2.24) is 9.80 Å². The summed E-state index contributed by atoms with van der Waals surface area (Å²) < 4.78 is 5.24. The quantitative estimate of drug-likeness (QED) is 0.797. The first-order chi connectivity index (χ1) is 12.2. The monoisotopic (exact) mass is 344 g/mol. The molecule has 0 aromatic heterocycles. The minimum Gasteiger partial charge on any atom is -0.497 e. The fraction of sp³-hybridized carbons (Fsp3) is 0.600. The third kappa shape index (κ3) is 3.65. The summed E-state index contributed by atoms with van der Waals surface area (Å²) in [5.41, 5.74) is 1.03. The zero-order valence-electron chi connectivity index (χ0n) is 15.2. The molecule has 2 aliphatic rings. The van der Waals surface area contributed by atoms with Crippen LogP contribution in [0.2, 0.25) is 0 Å². The fourth-order valence-corrected chi connectivity index (χ4v) is 3.99. The van der Waals surface area contributed by atoms with Crippen LogP contribution in [0.15, 0.2) is 24.3 Å². The molecular weight excluding hydrogens is 316 g/mol. The van der Waals surface area contributed by atoms with Gasteiger partial charge >= 0.3 is 0 Å². The van der Waals surface area contributed by atoms with Gasteiger partial charge in [0.25, 0.3) is 0 Å². The van der Waals surface area contributed by atoms with Gasteiger partial charge in [0.15, 0.2) is 0 Å². The van der Waals surface area contributed by atoms with Gasteiger partial charge in [-0.1, -0.05) is 25.5 Å². The number of hydrogen-bond donors (Lipinski definition) is 0. The summed E-state index contributed by atoms with van der Waals surface area (Å²) in [7, 11) is 1.64. The molecule has 1 aromatic carbocycles. The average Bonchev–Trinajstić information content (AvgIpc) is 3.28. The summed E-state index contributed by atoms with van der Waals surface area (Å²) in [5.74, 6) is 0.768. The average molecular weight is 344 g/mol. The van der Waals surface area contributed by atoms with Gasteiger partial charge in [0.1, 0.15) is 5.75 Å². The van der Waals surface area contributed by atoms with Gasteiger partial charge in [-0.2, -0.15) is 0 Å². The first kappa shape index (κ1) is 17.8. The normalized spacial score (nSPS) is 23.4. The molecule has 2 aliphatic heterocycles. The highest BCUT2D eigenvalue weighted by atomic mass is 16.5. The molecule has 25 heavy (non-hydrogen) atoms. The Kier molecular flexibility index (Phi) is 5.61. The van der Waals surface area contributed by atoms with E-state index in [4.69, 9.17) is 4.74 Å². The van der Waals surface area contributed by atoms with Crippen molar-refractivity contribution in [3.05, 3.63) is 29.8 Å². The first-order valence-corrected chi connectivity index (χ1v) is 9.38. The number of benzene rings is 1. The Morgan fingerprint density at radius 1 is 1.20 bits per heavy atom. The molecule has 2 heterocycles. The summed E-state index contributed by atoms with van der Waals surface area (Å²) in [6, 6.07) is 7.65. The van der Waals surface area contributed by atoms with Crippen molar-refractivity contribution in [1.29, 1.82) is 0 Å². The molecule has 5 heteroatoms. The van der Waals surface area contributed by atoms with Gasteiger partial charge in [-0.25, -0.2) is 0 Å². The molecule has 2 amide bonds. The van der Waals surface area contributed by atoms with E-state index in [-0.39, 0.29) is 23.8 Å². The zero-order valence-corrected chi connectivity index (χ0v) is 15.2. The maximum absolute atomic E-state index is 13.0. The van der Waals surface area contributed by atoms with Crippen LogP contribution in [0.25, 0.3) is 0 Å². The van der Waals surface area contributed by atoms with Gasteiger partial charge in [0, 0.05) is 26.1 Å². The van der Waals surface area contributed by atoms with E-state index >= 15 is 0 Å². The molecule has 5 nitrogen and oxygen atoms in total. The van der Waals surface area contributed by atoms with Crippen molar-refractivity contribution < 1.29 is 14.3 Å². The molecule has 0 saturated carbocycles. The number of methoxy groups -OCH3 is 1. The lowest BCUT2D eigenvalue weighted by Crippen LogP contribution is -2.37.